The predicted octanol–water partition coefficient (Wildman–Crippen LogP) is 3.74. The number of rotatable bonds is 8. The first kappa shape index (κ1) is 23.7. The molecule has 0 radical (unpaired) electrons. The average Bonchev–Trinajstić information content (AvgIpc) is 2.85. The Morgan fingerprint density at radius 1 is 1.03 bits per heavy atom. The number of likely N-dealkylation sites (tertiary alicyclic amines) is 1. The molecular weight excluding hydrogens is 426 g/mol. The van der Waals surface area contributed by atoms with Crippen LogP contribution >= 0.6 is 0 Å². The topological polar surface area (TPSA) is 86.4 Å². The van der Waals surface area contributed by atoms with Crippen LogP contribution in [0, 0.1) is 12.8 Å². The number of amides is 3. The number of carbonyl (C=O) groups is 2. The monoisotopic (exact) mass is 459 g/mol. The third-order valence-corrected chi connectivity index (χ3v) is 6.24. The molecule has 3 N–H and O–H groups in total. The van der Waals surface area contributed by atoms with Crippen LogP contribution in [0.15, 0.2) is 60.7 Å². The number of pyridine rings is 1. The lowest BCUT2D eigenvalue weighted by molar-refractivity contribution is -0.126. The van der Waals surface area contributed by atoms with Gasteiger partial charge in [-0.3, -0.25) is 9.78 Å². The summed E-state index contributed by atoms with van der Waals surface area (Å²) in [5.41, 5.74) is 3.70. The average molecular weight is 460 g/mol. The Labute approximate surface area is 200 Å². The summed E-state index contributed by atoms with van der Waals surface area (Å²) in [4.78, 5) is 31.9. The Balaban J connectivity index is 1.20. The molecule has 1 saturated heterocycles. The molecule has 0 spiro atoms. The Kier molecular flexibility index (Phi) is 8.09. The van der Waals surface area contributed by atoms with Crippen LogP contribution in [0.5, 0.6) is 0 Å². The van der Waals surface area contributed by atoms with E-state index in [4.69, 9.17) is 0 Å². The predicted molar refractivity (Wildman–Crippen MR) is 136 cm³/mol. The molecule has 1 fully saturated rings. The van der Waals surface area contributed by atoms with Gasteiger partial charge in [-0.05, 0) is 50.4 Å². The van der Waals surface area contributed by atoms with Crippen LogP contribution in [-0.2, 0) is 11.2 Å². The highest BCUT2D eigenvalue weighted by Gasteiger charge is 2.25. The number of nitrogens with one attached hydrogen (secondary N) is 3. The van der Waals surface area contributed by atoms with Crippen molar-refractivity contribution in [2.75, 3.05) is 38.0 Å². The Hall–Kier alpha value is -3.45. The van der Waals surface area contributed by atoms with E-state index in [-0.39, 0.29) is 17.9 Å². The van der Waals surface area contributed by atoms with E-state index in [1.807, 2.05) is 55.5 Å². The van der Waals surface area contributed by atoms with Crippen molar-refractivity contribution in [1.82, 2.24) is 20.5 Å². The van der Waals surface area contributed by atoms with Crippen molar-refractivity contribution < 1.29 is 9.59 Å². The zero-order chi connectivity index (χ0) is 23.8. The smallest absolute Gasteiger partial charge is 0.319 e. The van der Waals surface area contributed by atoms with Gasteiger partial charge in [-0.2, -0.15) is 0 Å². The zero-order valence-corrected chi connectivity index (χ0v) is 19.7. The van der Waals surface area contributed by atoms with E-state index >= 15 is 0 Å². The van der Waals surface area contributed by atoms with Gasteiger partial charge in [0.2, 0.25) is 5.91 Å². The van der Waals surface area contributed by atoms with E-state index in [2.05, 4.69) is 38.0 Å². The summed E-state index contributed by atoms with van der Waals surface area (Å²) in [7, 11) is 0. The van der Waals surface area contributed by atoms with Gasteiger partial charge < -0.3 is 20.9 Å². The van der Waals surface area contributed by atoms with E-state index in [9.17, 15) is 9.59 Å². The van der Waals surface area contributed by atoms with Crippen LogP contribution in [-0.4, -0.2) is 54.5 Å². The number of aromatic nitrogens is 1. The van der Waals surface area contributed by atoms with Crippen LogP contribution in [0.3, 0.4) is 0 Å². The number of para-hydroxylation sites is 1. The van der Waals surface area contributed by atoms with Crippen molar-refractivity contribution in [1.29, 1.82) is 0 Å². The minimum Gasteiger partial charge on any atom is -0.355 e. The largest absolute Gasteiger partial charge is 0.355 e. The summed E-state index contributed by atoms with van der Waals surface area (Å²) in [5, 5.41) is 9.91. The molecule has 7 nitrogen and oxygen atoms in total. The van der Waals surface area contributed by atoms with Crippen LogP contribution in [0.4, 0.5) is 10.5 Å². The minimum atomic E-state index is -0.233. The molecule has 1 aliphatic rings. The SMILES string of the molecule is Cc1cc(NC(=O)NCCN2CCCC(C(=O)NCCc3ccccc3)C2)c2ccccc2n1. The number of urea groups is 1. The Bertz CT molecular complexity index is 1120. The standard InChI is InChI=1S/C27H33N5O2/c1-20-18-25(23-11-5-6-12-24(23)30-20)31-27(34)29-15-17-32-16-7-10-22(19-32)26(33)28-14-13-21-8-3-2-4-9-21/h2-6,8-9,11-12,18,22H,7,10,13-17,19H2,1H3,(H,28,33)(H2,29,30,31,34). The van der Waals surface area contributed by atoms with Crippen molar-refractivity contribution in [2.45, 2.75) is 26.2 Å². The molecule has 3 amide bonds. The molecule has 4 rings (SSSR count). The van der Waals surface area contributed by atoms with Crippen molar-refractivity contribution in [3.8, 4) is 0 Å². The molecule has 34 heavy (non-hydrogen) atoms. The Morgan fingerprint density at radius 2 is 1.82 bits per heavy atom. The molecule has 0 bridgehead atoms. The lowest BCUT2D eigenvalue weighted by Gasteiger charge is -2.32. The maximum absolute atomic E-state index is 12.6. The molecule has 7 heteroatoms. The number of fused-ring (bicyclic) bond motifs is 1. The van der Waals surface area contributed by atoms with E-state index in [1.54, 1.807) is 0 Å². The normalized spacial score (nSPS) is 16.2. The van der Waals surface area contributed by atoms with Gasteiger partial charge in [0, 0.05) is 37.3 Å². The third kappa shape index (κ3) is 6.54. The molecule has 2 heterocycles. The van der Waals surface area contributed by atoms with Crippen LogP contribution in [0.25, 0.3) is 10.9 Å². The van der Waals surface area contributed by atoms with Crippen molar-refractivity contribution in [3.63, 3.8) is 0 Å². The number of carbonyl (C=O) groups excluding carboxylic acids is 2. The van der Waals surface area contributed by atoms with Crippen molar-refractivity contribution >= 4 is 28.5 Å². The molecular formula is C27H33N5O2. The van der Waals surface area contributed by atoms with Gasteiger partial charge in [-0.1, -0.05) is 48.5 Å². The fraction of sp³-hybridized carbons (Fsp3) is 0.370. The van der Waals surface area contributed by atoms with E-state index in [0.717, 1.165) is 61.2 Å². The van der Waals surface area contributed by atoms with Crippen LogP contribution in [0.2, 0.25) is 0 Å². The molecule has 0 aliphatic carbocycles. The second kappa shape index (κ2) is 11.6. The van der Waals surface area contributed by atoms with Crippen LogP contribution < -0.4 is 16.0 Å². The second-order valence-electron chi connectivity index (χ2n) is 8.88. The summed E-state index contributed by atoms with van der Waals surface area (Å²) in [6.45, 7) is 5.50. The van der Waals surface area contributed by atoms with E-state index in [0.29, 0.717) is 13.1 Å². The molecule has 3 aromatic rings. The highest BCUT2D eigenvalue weighted by molar-refractivity contribution is 6.00. The summed E-state index contributed by atoms with van der Waals surface area (Å²) < 4.78 is 0. The maximum Gasteiger partial charge on any atom is 0.319 e. The maximum atomic E-state index is 12.6. The van der Waals surface area contributed by atoms with E-state index < -0.39 is 0 Å². The molecule has 1 unspecified atom stereocenters. The fourth-order valence-corrected chi connectivity index (χ4v) is 4.50. The highest BCUT2D eigenvalue weighted by atomic mass is 16.2. The number of hydrogen-bond acceptors (Lipinski definition) is 4. The minimum absolute atomic E-state index is 0.00417. The number of hydrogen-bond donors (Lipinski definition) is 3. The van der Waals surface area contributed by atoms with Gasteiger partial charge in [-0.15, -0.1) is 0 Å². The summed E-state index contributed by atoms with van der Waals surface area (Å²) in [6, 6.07) is 19.6. The van der Waals surface area contributed by atoms with E-state index in [1.165, 1.54) is 5.56 Å². The zero-order valence-electron chi connectivity index (χ0n) is 19.7. The molecule has 1 aliphatic heterocycles. The number of aryl methyl sites for hydroxylation is 1. The first-order valence-electron chi connectivity index (χ1n) is 12.0. The van der Waals surface area contributed by atoms with Crippen LogP contribution in [0.1, 0.15) is 24.1 Å². The lowest BCUT2D eigenvalue weighted by Crippen LogP contribution is -2.46. The van der Waals surface area contributed by atoms with Gasteiger partial charge in [0.05, 0.1) is 17.1 Å². The molecule has 1 atom stereocenters. The number of nitrogens with zero attached hydrogens (tertiary/aromatic N) is 2. The molecule has 1 aromatic heterocycles. The summed E-state index contributed by atoms with van der Waals surface area (Å²) in [6.07, 6.45) is 2.75. The Morgan fingerprint density at radius 3 is 2.68 bits per heavy atom. The van der Waals surface area contributed by atoms with Gasteiger partial charge in [-0.25, -0.2) is 4.79 Å². The van der Waals surface area contributed by atoms with Gasteiger partial charge in [0.25, 0.3) is 0 Å². The van der Waals surface area contributed by atoms with Gasteiger partial charge in [0.15, 0.2) is 0 Å². The quantitative estimate of drug-likeness (QED) is 0.479. The molecule has 178 valence electrons. The fourth-order valence-electron chi connectivity index (χ4n) is 4.50. The number of anilines is 1. The van der Waals surface area contributed by atoms with Crippen molar-refractivity contribution in [3.05, 3.63) is 71.9 Å². The molecule has 0 saturated carbocycles. The first-order chi connectivity index (χ1) is 16.6. The molecule has 2 aromatic carbocycles. The lowest BCUT2D eigenvalue weighted by atomic mass is 9.97. The van der Waals surface area contributed by atoms with Crippen molar-refractivity contribution in [2.24, 2.45) is 5.92 Å². The second-order valence-corrected chi connectivity index (χ2v) is 8.88. The van der Waals surface area contributed by atoms with Gasteiger partial charge in [0.1, 0.15) is 0 Å². The third-order valence-electron chi connectivity index (χ3n) is 6.24. The number of piperidine rings is 1. The highest BCUT2D eigenvalue weighted by Crippen LogP contribution is 2.22. The van der Waals surface area contributed by atoms with Gasteiger partial charge >= 0.3 is 6.03 Å². The summed E-state index contributed by atoms with van der Waals surface area (Å²) >= 11 is 0. The summed E-state index contributed by atoms with van der Waals surface area (Å²) in [5.74, 6) is 0.135. The number of benzene rings is 2. The first-order valence-corrected chi connectivity index (χ1v) is 12.0.